The molecule has 0 spiro atoms. The van der Waals surface area contributed by atoms with Gasteiger partial charge in [-0.2, -0.15) is 0 Å². The van der Waals surface area contributed by atoms with Crippen LogP contribution >= 0.6 is 0 Å². The maximum Gasteiger partial charge on any atom is 0.310 e. The quantitative estimate of drug-likeness (QED) is 0.318. The van der Waals surface area contributed by atoms with Crippen LogP contribution in [0.25, 0.3) is 0 Å². The van der Waals surface area contributed by atoms with Crippen LogP contribution in [0, 0.1) is 5.82 Å². The molecule has 0 bridgehead atoms. The maximum absolute atomic E-state index is 15.0. The minimum atomic E-state index is -2.08. The van der Waals surface area contributed by atoms with Crippen LogP contribution in [0.5, 0.6) is 0 Å². The van der Waals surface area contributed by atoms with Crippen LogP contribution in [0.3, 0.4) is 0 Å². The van der Waals surface area contributed by atoms with Gasteiger partial charge in [-0.25, -0.2) is 4.39 Å². The Kier molecular flexibility index (Phi) is 9.57. The Bertz CT molecular complexity index is 716. The van der Waals surface area contributed by atoms with E-state index in [9.17, 15) is 9.35 Å². The standard InChI is InChI=1S/C22H38FNO4SSi/c1-10-27-20(25)14-16-11-12-17(18(23)13-16)19(24-29(26)21(2,3)4)15-28-30(8,9)22(5,6)7/h11-13,19,24H,10,14-15H2,1-9H3/t19-,29?/m1/s1. The highest BCUT2D eigenvalue weighted by Gasteiger charge is 2.39. The molecule has 5 nitrogen and oxygen atoms in total. The predicted molar refractivity (Wildman–Crippen MR) is 124 cm³/mol. The first-order valence-corrected chi connectivity index (χ1v) is 14.4. The summed E-state index contributed by atoms with van der Waals surface area (Å²) < 4.78 is 41.5. The highest BCUT2D eigenvalue weighted by Crippen LogP contribution is 2.37. The van der Waals surface area contributed by atoms with Crippen LogP contribution in [-0.2, 0) is 31.7 Å². The van der Waals surface area contributed by atoms with Crippen molar-refractivity contribution in [2.24, 2.45) is 0 Å². The van der Waals surface area contributed by atoms with E-state index in [0.717, 1.165) is 0 Å². The molecule has 0 saturated carbocycles. The predicted octanol–water partition coefficient (Wildman–Crippen LogP) is 5.05. The molecule has 30 heavy (non-hydrogen) atoms. The highest BCUT2D eigenvalue weighted by atomic mass is 32.2. The maximum atomic E-state index is 15.0. The van der Waals surface area contributed by atoms with Crippen LogP contribution < -0.4 is 4.72 Å². The lowest BCUT2D eigenvalue weighted by Gasteiger charge is -2.37. The summed E-state index contributed by atoms with van der Waals surface area (Å²) in [5, 5.41) is 0.00275. The van der Waals surface area contributed by atoms with Gasteiger partial charge >= 0.3 is 5.97 Å². The largest absolute Gasteiger partial charge is 0.598 e. The summed E-state index contributed by atoms with van der Waals surface area (Å²) in [4.78, 5) is 11.7. The molecule has 0 aliphatic rings. The van der Waals surface area contributed by atoms with Gasteiger partial charge in [-0.05, 0) is 57.5 Å². The molecule has 0 aliphatic heterocycles. The Morgan fingerprint density at radius 3 is 2.30 bits per heavy atom. The number of carbonyl (C=O) groups excluding carboxylic acids is 1. The molecule has 1 N–H and O–H groups in total. The van der Waals surface area contributed by atoms with Gasteiger partial charge in [0.15, 0.2) is 8.32 Å². The van der Waals surface area contributed by atoms with Gasteiger partial charge in [0, 0.05) is 16.9 Å². The lowest BCUT2D eigenvalue weighted by atomic mass is 10.0. The molecule has 8 heteroatoms. The third kappa shape index (κ3) is 7.96. The van der Waals surface area contributed by atoms with Crippen molar-refractivity contribution in [1.29, 1.82) is 0 Å². The fraction of sp³-hybridized carbons (Fsp3) is 0.682. The van der Waals surface area contributed by atoms with Gasteiger partial charge in [0.25, 0.3) is 0 Å². The highest BCUT2D eigenvalue weighted by molar-refractivity contribution is 7.90. The molecule has 0 aromatic heterocycles. The Morgan fingerprint density at radius 1 is 1.23 bits per heavy atom. The fourth-order valence-electron chi connectivity index (χ4n) is 2.34. The van der Waals surface area contributed by atoms with Crippen molar-refractivity contribution in [3.8, 4) is 0 Å². The molecule has 0 amide bonds. The van der Waals surface area contributed by atoms with Crippen LogP contribution in [0.2, 0.25) is 18.1 Å². The number of rotatable bonds is 9. The molecule has 0 radical (unpaired) electrons. The number of ether oxygens (including phenoxy) is 1. The zero-order chi connectivity index (χ0) is 23.3. The second kappa shape index (κ2) is 10.6. The number of nitrogens with one attached hydrogen (secondary N) is 1. The fourth-order valence-corrected chi connectivity index (χ4v) is 4.17. The van der Waals surface area contributed by atoms with Crippen LogP contribution in [0.15, 0.2) is 18.2 Å². The summed E-state index contributed by atoms with van der Waals surface area (Å²) >= 11 is -1.40. The third-order valence-corrected chi connectivity index (χ3v) is 11.4. The van der Waals surface area contributed by atoms with Gasteiger partial charge in [-0.15, -0.1) is 4.72 Å². The number of hydrogen-bond acceptors (Lipinski definition) is 5. The Hall–Kier alpha value is -0.933. The molecule has 0 saturated heterocycles. The molecule has 2 atom stereocenters. The summed E-state index contributed by atoms with van der Waals surface area (Å²) in [6.07, 6.45) is 0.0114. The normalized spacial score (nSPS) is 15.0. The Morgan fingerprint density at radius 2 is 1.83 bits per heavy atom. The third-order valence-electron chi connectivity index (χ3n) is 5.32. The number of halogens is 1. The lowest BCUT2D eigenvalue weighted by molar-refractivity contribution is -0.142. The average Bonchev–Trinajstić information content (AvgIpc) is 2.57. The molecule has 0 fully saturated rings. The zero-order valence-corrected chi connectivity index (χ0v) is 21.7. The van der Waals surface area contributed by atoms with Crippen LogP contribution in [0.4, 0.5) is 4.39 Å². The molecule has 0 aliphatic carbocycles. The van der Waals surface area contributed by atoms with Crippen LogP contribution in [-0.4, -0.2) is 36.8 Å². The van der Waals surface area contributed by atoms with E-state index < -0.39 is 42.3 Å². The Labute approximate surface area is 185 Å². The van der Waals surface area contributed by atoms with E-state index in [2.05, 4.69) is 38.6 Å². The van der Waals surface area contributed by atoms with Gasteiger partial charge in [0.2, 0.25) is 0 Å². The molecular formula is C22H38FNO4SSi. The number of esters is 1. The van der Waals surface area contributed by atoms with E-state index in [1.54, 1.807) is 19.1 Å². The summed E-state index contributed by atoms with van der Waals surface area (Å²) in [6.45, 7) is 18.5. The van der Waals surface area contributed by atoms with E-state index >= 15 is 4.39 Å². The van der Waals surface area contributed by atoms with Crippen molar-refractivity contribution >= 4 is 25.6 Å². The van der Waals surface area contributed by atoms with E-state index in [-0.39, 0.29) is 24.7 Å². The first-order chi connectivity index (χ1) is 13.6. The summed E-state index contributed by atoms with van der Waals surface area (Å²) in [5.74, 6) is -0.853. The summed E-state index contributed by atoms with van der Waals surface area (Å²) in [7, 11) is -2.08. The van der Waals surface area contributed by atoms with Crippen molar-refractivity contribution in [3.63, 3.8) is 0 Å². The van der Waals surface area contributed by atoms with Crippen molar-refractivity contribution in [1.82, 2.24) is 4.72 Å². The van der Waals surface area contributed by atoms with Crippen molar-refractivity contribution < 1.29 is 22.9 Å². The van der Waals surface area contributed by atoms with Gasteiger partial charge < -0.3 is 13.7 Å². The number of carbonyl (C=O) groups is 1. The zero-order valence-electron chi connectivity index (χ0n) is 19.8. The second-order valence-corrected chi connectivity index (χ2v) is 16.8. The molecular weight excluding hydrogens is 421 g/mol. The second-order valence-electron chi connectivity index (χ2n) is 9.96. The molecule has 1 unspecified atom stereocenters. The monoisotopic (exact) mass is 459 g/mol. The number of hydrogen-bond donors (Lipinski definition) is 1. The molecule has 1 aromatic carbocycles. The topological polar surface area (TPSA) is 70.6 Å². The SMILES string of the molecule is CCOC(=O)Cc1ccc([C@@H](CO[Si](C)(C)C(C)(C)C)N[S+]([O-])C(C)(C)C)c(F)c1. The molecule has 1 aromatic rings. The van der Waals surface area contributed by atoms with Crippen molar-refractivity contribution in [3.05, 3.63) is 35.1 Å². The average molecular weight is 460 g/mol. The first-order valence-electron chi connectivity index (χ1n) is 10.3. The van der Waals surface area contributed by atoms with Gasteiger partial charge in [-0.3, -0.25) is 4.79 Å². The van der Waals surface area contributed by atoms with E-state index in [1.165, 1.54) is 6.07 Å². The smallest absolute Gasteiger partial charge is 0.310 e. The number of benzene rings is 1. The van der Waals surface area contributed by atoms with Crippen molar-refractivity contribution in [2.75, 3.05) is 13.2 Å². The minimum Gasteiger partial charge on any atom is -0.598 e. The van der Waals surface area contributed by atoms with Gasteiger partial charge in [-0.1, -0.05) is 32.9 Å². The molecule has 1 rings (SSSR count). The van der Waals surface area contributed by atoms with Gasteiger partial charge in [0.05, 0.1) is 19.6 Å². The van der Waals surface area contributed by atoms with Gasteiger partial charge in [0.1, 0.15) is 16.6 Å². The Balaban J connectivity index is 3.13. The van der Waals surface area contributed by atoms with E-state index in [1.807, 2.05) is 20.8 Å². The first kappa shape index (κ1) is 27.1. The minimum absolute atomic E-state index is 0.00275. The summed E-state index contributed by atoms with van der Waals surface area (Å²) in [5.41, 5.74) is 0.912. The van der Waals surface area contributed by atoms with E-state index in [4.69, 9.17) is 9.16 Å². The van der Waals surface area contributed by atoms with E-state index in [0.29, 0.717) is 11.1 Å². The lowest BCUT2D eigenvalue weighted by Crippen LogP contribution is -2.46. The summed E-state index contributed by atoms with van der Waals surface area (Å²) in [6, 6.07) is 4.11. The van der Waals surface area contributed by atoms with Crippen LogP contribution in [0.1, 0.15) is 65.6 Å². The molecule has 0 heterocycles. The molecule has 172 valence electrons. The van der Waals surface area contributed by atoms with Crippen molar-refractivity contribution in [2.45, 2.75) is 83.8 Å².